The van der Waals surface area contributed by atoms with Crippen LogP contribution in [0.5, 0.6) is 5.75 Å². The van der Waals surface area contributed by atoms with E-state index in [1.165, 1.54) is 7.11 Å². The van der Waals surface area contributed by atoms with Gasteiger partial charge < -0.3 is 24.0 Å². The molecule has 0 bridgehead atoms. The van der Waals surface area contributed by atoms with Gasteiger partial charge in [0.2, 0.25) is 0 Å². The Morgan fingerprint density at radius 2 is 1.83 bits per heavy atom. The number of esters is 2. The van der Waals surface area contributed by atoms with Crippen LogP contribution in [0, 0.1) is 0 Å². The molecule has 8 heteroatoms. The minimum absolute atomic E-state index is 0.188. The number of nitrogens with one attached hydrogen (secondary N) is 1. The average molecular weight is 397 g/mol. The lowest BCUT2D eigenvalue weighted by atomic mass is 9.92. The highest BCUT2D eigenvalue weighted by Crippen LogP contribution is 2.36. The fourth-order valence-electron chi connectivity index (χ4n) is 3.02. The molecular formula is C21H19NO7. The summed E-state index contributed by atoms with van der Waals surface area (Å²) in [6.07, 6.45) is 0.777. The number of H-pyrrole nitrogens is 1. The largest absolute Gasteiger partial charge is 0.506 e. The number of aromatic amines is 1. The molecule has 1 aromatic carbocycles. The predicted octanol–water partition coefficient (Wildman–Crippen LogP) is 2.82. The van der Waals surface area contributed by atoms with Crippen molar-refractivity contribution in [2.75, 3.05) is 14.2 Å². The van der Waals surface area contributed by atoms with Crippen LogP contribution >= 0.6 is 0 Å². The molecule has 0 fully saturated rings. The molecule has 3 aromatic rings. The molecule has 2 aromatic heterocycles. The molecule has 150 valence electrons. The lowest BCUT2D eigenvalue weighted by Gasteiger charge is -2.16. The van der Waals surface area contributed by atoms with E-state index in [0.29, 0.717) is 5.76 Å². The Balaban J connectivity index is 2.13. The van der Waals surface area contributed by atoms with Crippen molar-refractivity contribution in [3.63, 3.8) is 0 Å². The third-order valence-corrected chi connectivity index (χ3v) is 4.48. The zero-order chi connectivity index (χ0) is 21.0. The Morgan fingerprint density at radius 3 is 2.48 bits per heavy atom. The van der Waals surface area contributed by atoms with E-state index in [9.17, 15) is 19.5 Å². The monoisotopic (exact) mass is 397 g/mol. The lowest BCUT2D eigenvalue weighted by Crippen LogP contribution is -2.21. The highest BCUT2D eigenvalue weighted by Gasteiger charge is 2.30. The van der Waals surface area contributed by atoms with Gasteiger partial charge in [-0.25, -0.2) is 4.79 Å². The summed E-state index contributed by atoms with van der Waals surface area (Å²) < 4.78 is 15.2. The van der Waals surface area contributed by atoms with Crippen molar-refractivity contribution < 1.29 is 28.6 Å². The van der Waals surface area contributed by atoms with Crippen LogP contribution in [0.4, 0.5) is 0 Å². The van der Waals surface area contributed by atoms with Gasteiger partial charge in [0, 0.05) is 11.8 Å². The second kappa shape index (κ2) is 8.47. The van der Waals surface area contributed by atoms with E-state index in [1.807, 2.05) is 30.3 Å². The molecule has 0 radical (unpaired) electrons. The van der Waals surface area contributed by atoms with Crippen LogP contribution in [-0.2, 0) is 14.3 Å². The number of aromatic hydroxyl groups is 1. The van der Waals surface area contributed by atoms with E-state index in [1.54, 1.807) is 12.1 Å². The SMILES string of the molecule is COC(=O)C[C@@H](c1ccc(-c2ccccc2)o1)c1c(O)c(C(=O)OC)c[nH]c1=O. The summed E-state index contributed by atoms with van der Waals surface area (Å²) in [6.45, 7) is 0. The number of pyridine rings is 1. The van der Waals surface area contributed by atoms with Gasteiger partial charge in [0.05, 0.1) is 32.1 Å². The molecule has 1 atom stereocenters. The van der Waals surface area contributed by atoms with Crippen molar-refractivity contribution in [2.45, 2.75) is 12.3 Å². The highest BCUT2D eigenvalue weighted by molar-refractivity contribution is 5.92. The van der Waals surface area contributed by atoms with Crippen molar-refractivity contribution >= 4 is 11.9 Å². The molecule has 3 rings (SSSR count). The third kappa shape index (κ3) is 4.06. The first-order chi connectivity index (χ1) is 14.0. The molecule has 8 nitrogen and oxygen atoms in total. The van der Waals surface area contributed by atoms with E-state index in [2.05, 4.69) is 9.72 Å². The minimum atomic E-state index is -0.978. The van der Waals surface area contributed by atoms with Gasteiger partial charge in [0.1, 0.15) is 22.8 Å². The van der Waals surface area contributed by atoms with Crippen LogP contribution in [0.15, 0.2) is 57.9 Å². The van der Waals surface area contributed by atoms with Crippen LogP contribution in [-0.4, -0.2) is 36.2 Å². The Labute approximate surface area is 165 Å². The van der Waals surface area contributed by atoms with Crippen molar-refractivity contribution in [1.29, 1.82) is 0 Å². The molecule has 2 heterocycles. The number of furan rings is 1. The molecule has 0 aliphatic rings. The Kier molecular flexibility index (Phi) is 5.82. The topological polar surface area (TPSA) is 119 Å². The number of benzene rings is 1. The van der Waals surface area contributed by atoms with Gasteiger partial charge in [0.15, 0.2) is 0 Å². The maximum atomic E-state index is 12.5. The Bertz CT molecular complexity index is 1080. The second-order valence-electron chi connectivity index (χ2n) is 6.19. The number of carbonyl (C=O) groups is 2. The van der Waals surface area contributed by atoms with Gasteiger partial charge in [-0.2, -0.15) is 0 Å². The number of rotatable bonds is 6. The van der Waals surface area contributed by atoms with Crippen LogP contribution < -0.4 is 5.56 Å². The first-order valence-corrected chi connectivity index (χ1v) is 8.71. The fraction of sp³-hybridized carbons (Fsp3) is 0.190. The Morgan fingerprint density at radius 1 is 1.10 bits per heavy atom. The molecule has 0 amide bonds. The summed E-state index contributed by atoms with van der Waals surface area (Å²) in [5.74, 6) is -2.22. The molecule has 0 aliphatic carbocycles. The first kappa shape index (κ1) is 19.9. The minimum Gasteiger partial charge on any atom is -0.506 e. The van der Waals surface area contributed by atoms with Gasteiger partial charge in [-0.3, -0.25) is 9.59 Å². The molecule has 2 N–H and O–H groups in total. The van der Waals surface area contributed by atoms with Gasteiger partial charge in [-0.15, -0.1) is 0 Å². The van der Waals surface area contributed by atoms with E-state index in [4.69, 9.17) is 9.15 Å². The molecule has 0 saturated heterocycles. The normalized spacial score (nSPS) is 11.7. The number of hydrogen-bond donors (Lipinski definition) is 2. The molecule has 0 spiro atoms. The van der Waals surface area contributed by atoms with E-state index in [-0.39, 0.29) is 23.3 Å². The van der Waals surface area contributed by atoms with Crippen molar-refractivity contribution in [2.24, 2.45) is 0 Å². The standard InChI is InChI=1S/C21H19NO7/c1-27-17(23)10-13(16-9-8-15(29-16)12-6-4-3-5-7-12)18-19(24)14(21(26)28-2)11-22-20(18)25/h3-9,11,13H,10H2,1-2H3,(H2,22,24,25)/t13-/m0/s1. The third-order valence-electron chi connectivity index (χ3n) is 4.48. The van der Waals surface area contributed by atoms with E-state index < -0.39 is 29.2 Å². The predicted molar refractivity (Wildman–Crippen MR) is 103 cm³/mol. The number of methoxy groups -OCH3 is 2. The average Bonchev–Trinajstić information content (AvgIpc) is 3.23. The lowest BCUT2D eigenvalue weighted by molar-refractivity contribution is -0.140. The summed E-state index contributed by atoms with van der Waals surface area (Å²) in [4.78, 5) is 38.8. The maximum Gasteiger partial charge on any atom is 0.343 e. The summed E-state index contributed by atoms with van der Waals surface area (Å²) in [7, 11) is 2.36. The zero-order valence-electron chi connectivity index (χ0n) is 15.8. The fourth-order valence-corrected chi connectivity index (χ4v) is 3.02. The first-order valence-electron chi connectivity index (χ1n) is 8.71. The number of aromatic nitrogens is 1. The van der Waals surface area contributed by atoms with Crippen molar-refractivity contribution in [3.8, 4) is 17.1 Å². The molecule has 0 aliphatic heterocycles. The number of hydrogen-bond acceptors (Lipinski definition) is 7. The second-order valence-corrected chi connectivity index (χ2v) is 6.19. The van der Waals surface area contributed by atoms with Crippen molar-refractivity contribution in [3.05, 3.63) is 75.9 Å². The summed E-state index contributed by atoms with van der Waals surface area (Å²) in [5.41, 5.74) is -0.280. The smallest absolute Gasteiger partial charge is 0.343 e. The van der Waals surface area contributed by atoms with Gasteiger partial charge in [-0.1, -0.05) is 30.3 Å². The van der Waals surface area contributed by atoms with Gasteiger partial charge in [0.25, 0.3) is 5.56 Å². The van der Waals surface area contributed by atoms with E-state index in [0.717, 1.165) is 18.9 Å². The van der Waals surface area contributed by atoms with Gasteiger partial charge >= 0.3 is 11.9 Å². The summed E-state index contributed by atoms with van der Waals surface area (Å²) >= 11 is 0. The summed E-state index contributed by atoms with van der Waals surface area (Å²) in [6, 6.07) is 12.6. The van der Waals surface area contributed by atoms with Crippen LogP contribution in [0.1, 0.15) is 34.0 Å². The number of carbonyl (C=O) groups excluding carboxylic acids is 2. The van der Waals surface area contributed by atoms with Crippen molar-refractivity contribution in [1.82, 2.24) is 4.98 Å². The van der Waals surface area contributed by atoms with Gasteiger partial charge in [-0.05, 0) is 12.1 Å². The molecule has 0 unspecified atom stereocenters. The molecule has 29 heavy (non-hydrogen) atoms. The Hall–Kier alpha value is -3.81. The van der Waals surface area contributed by atoms with Crippen LogP contribution in [0.3, 0.4) is 0 Å². The summed E-state index contributed by atoms with van der Waals surface area (Å²) in [5, 5.41) is 10.6. The molecular weight excluding hydrogens is 378 g/mol. The quantitative estimate of drug-likeness (QED) is 0.614. The van der Waals surface area contributed by atoms with E-state index >= 15 is 0 Å². The highest BCUT2D eigenvalue weighted by atomic mass is 16.5. The number of ether oxygens (including phenoxy) is 2. The molecule has 0 saturated carbocycles. The zero-order valence-corrected chi connectivity index (χ0v) is 15.8. The van der Waals surface area contributed by atoms with Crippen LogP contribution in [0.25, 0.3) is 11.3 Å². The van der Waals surface area contributed by atoms with Crippen LogP contribution in [0.2, 0.25) is 0 Å². The maximum absolute atomic E-state index is 12.5.